The maximum Gasteiger partial charge on any atom is 0.390 e. The molecule has 0 fully saturated rings. The molecule has 0 aliphatic carbocycles. The van der Waals surface area contributed by atoms with Crippen molar-refractivity contribution in [1.82, 2.24) is 4.72 Å². The van der Waals surface area contributed by atoms with Crippen LogP contribution in [-0.2, 0) is 10.0 Å². The van der Waals surface area contributed by atoms with Crippen LogP contribution in [0.5, 0.6) is 5.75 Å². The Morgan fingerprint density at radius 3 is 2.33 bits per heavy atom. The number of aliphatic hydroxyl groups excluding tert-OH is 1. The van der Waals surface area contributed by atoms with Crippen LogP contribution in [-0.4, -0.2) is 39.0 Å². The second-order valence-corrected chi connectivity index (χ2v) is 6.10. The minimum absolute atomic E-state index is 0.0625. The summed E-state index contributed by atoms with van der Waals surface area (Å²) in [5.74, 6) is 0.353. The van der Waals surface area contributed by atoms with Gasteiger partial charge in [-0.05, 0) is 31.2 Å². The highest BCUT2D eigenvalue weighted by Crippen LogP contribution is 2.22. The van der Waals surface area contributed by atoms with Gasteiger partial charge in [-0.2, -0.15) is 13.2 Å². The SMILES string of the molecule is CC(CC(F)(F)F)NS(=O)(=O)c1ccc(OCCO)cc1. The molecule has 1 atom stereocenters. The number of aliphatic hydroxyl groups is 1. The van der Waals surface area contributed by atoms with Gasteiger partial charge in [-0.25, -0.2) is 13.1 Å². The van der Waals surface area contributed by atoms with Crippen molar-refractivity contribution in [1.29, 1.82) is 0 Å². The van der Waals surface area contributed by atoms with E-state index in [4.69, 9.17) is 9.84 Å². The number of sulfonamides is 1. The van der Waals surface area contributed by atoms with E-state index < -0.39 is 28.7 Å². The van der Waals surface area contributed by atoms with E-state index >= 15 is 0 Å². The van der Waals surface area contributed by atoms with Crippen molar-refractivity contribution in [2.45, 2.75) is 30.5 Å². The first-order valence-electron chi connectivity index (χ1n) is 6.07. The predicted octanol–water partition coefficient (Wildman–Crippen LogP) is 1.68. The zero-order chi connectivity index (χ0) is 16.1. The number of ether oxygens (including phenoxy) is 1. The quantitative estimate of drug-likeness (QED) is 0.799. The van der Waals surface area contributed by atoms with Crippen molar-refractivity contribution in [2.75, 3.05) is 13.2 Å². The van der Waals surface area contributed by atoms with Crippen LogP contribution in [0, 0.1) is 0 Å². The van der Waals surface area contributed by atoms with Gasteiger partial charge in [-0.15, -0.1) is 0 Å². The average Bonchev–Trinajstić information content (AvgIpc) is 2.33. The van der Waals surface area contributed by atoms with E-state index in [0.717, 1.165) is 6.92 Å². The van der Waals surface area contributed by atoms with Crippen LogP contribution in [0.25, 0.3) is 0 Å². The summed E-state index contributed by atoms with van der Waals surface area (Å²) in [7, 11) is -4.02. The fourth-order valence-corrected chi connectivity index (χ4v) is 2.84. The summed E-state index contributed by atoms with van der Waals surface area (Å²) in [5.41, 5.74) is 0. The predicted molar refractivity (Wildman–Crippen MR) is 69.5 cm³/mol. The third-order valence-corrected chi connectivity index (χ3v) is 3.99. The molecule has 0 saturated heterocycles. The standard InChI is InChI=1S/C12H16F3NO4S/c1-9(8-12(13,14)15)16-21(18,19)11-4-2-10(3-5-11)20-7-6-17/h2-5,9,16-17H,6-8H2,1H3. The molecule has 5 nitrogen and oxygen atoms in total. The number of hydrogen-bond acceptors (Lipinski definition) is 4. The molecule has 0 saturated carbocycles. The van der Waals surface area contributed by atoms with Crippen molar-refractivity contribution in [3.8, 4) is 5.75 Å². The number of hydrogen-bond donors (Lipinski definition) is 2. The van der Waals surface area contributed by atoms with E-state index in [-0.39, 0.29) is 18.1 Å². The highest BCUT2D eigenvalue weighted by atomic mass is 32.2. The molecule has 120 valence electrons. The molecule has 9 heteroatoms. The Morgan fingerprint density at radius 1 is 1.29 bits per heavy atom. The Hall–Kier alpha value is -1.32. The average molecular weight is 327 g/mol. The molecule has 0 bridgehead atoms. The summed E-state index contributed by atoms with van der Waals surface area (Å²) in [4.78, 5) is -0.159. The zero-order valence-corrected chi connectivity index (χ0v) is 12.0. The second kappa shape index (κ2) is 7.10. The molecular weight excluding hydrogens is 311 g/mol. The molecule has 0 aliphatic rings. The Morgan fingerprint density at radius 2 is 1.86 bits per heavy atom. The first-order valence-corrected chi connectivity index (χ1v) is 7.55. The maximum absolute atomic E-state index is 12.2. The minimum atomic E-state index is -4.44. The van der Waals surface area contributed by atoms with E-state index in [9.17, 15) is 21.6 Å². The topological polar surface area (TPSA) is 75.6 Å². The van der Waals surface area contributed by atoms with Gasteiger partial charge in [0.2, 0.25) is 10.0 Å². The number of rotatable bonds is 7. The molecule has 1 aromatic rings. The number of alkyl halides is 3. The van der Waals surface area contributed by atoms with Crippen LogP contribution in [0.3, 0.4) is 0 Å². The zero-order valence-electron chi connectivity index (χ0n) is 11.2. The summed E-state index contributed by atoms with van der Waals surface area (Å²) < 4.78 is 67.4. The molecule has 0 amide bonds. The van der Waals surface area contributed by atoms with Crippen molar-refractivity contribution in [2.24, 2.45) is 0 Å². The maximum atomic E-state index is 12.2. The van der Waals surface area contributed by atoms with E-state index in [1.54, 1.807) is 0 Å². The lowest BCUT2D eigenvalue weighted by molar-refractivity contribution is -0.137. The largest absolute Gasteiger partial charge is 0.491 e. The molecule has 0 aliphatic heterocycles. The molecule has 1 unspecified atom stereocenters. The molecule has 0 heterocycles. The molecule has 21 heavy (non-hydrogen) atoms. The fraction of sp³-hybridized carbons (Fsp3) is 0.500. The highest BCUT2D eigenvalue weighted by Gasteiger charge is 2.31. The third kappa shape index (κ3) is 6.32. The Kier molecular flexibility index (Phi) is 5.99. The first-order chi connectivity index (χ1) is 9.64. The minimum Gasteiger partial charge on any atom is -0.491 e. The smallest absolute Gasteiger partial charge is 0.390 e. The monoisotopic (exact) mass is 327 g/mol. The van der Waals surface area contributed by atoms with Gasteiger partial charge in [-0.3, -0.25) is 0 Å². The van der Waals surface area contributed by atoms with Crippen molar-refractivity contribution in [3.05, 3.63) is 24.3 Å². The lowest BCUT2D eigenvalue weighted by atomic mass is 10.2. The van der Waals surface area contributed by atoms with Crippen LogP contribution in [0.2, 0.25) is 0 Å². The van der Waals surface area contributed by atoms with Crippen molar-refractivity contribution < 1.29 is 31.4 Å². The van der Waals surface area contributed by atoms with Crippen LogP contribution < -0.4 is 9.46 Å². The van der Waals surface area contributed by atoms with Gasteiger partial charge in [0.05, 0.1) is 17.9 Å². The summed E-state index contributed by atoms with van der Waals surface area (Å²) in [6, 6.07) is 3.89. The van der Waals surface area contributed by atoms with Crippen LogP contribution in [0.1, 0.15) is 13.3 Å². The molecule has 0 aromatic heterocycles. The number of halogens is 3. The molecule has 1 aromatic carbocycles. The van der Waals surface area contributed by atoms with Gasteiger partial charge in [0.15, 0.2) is 0 Å². The van der Waals surface area contributed by atoms with E-state index in [2.05, 4.69) is 0 Å². The Labute approximate surface area is 120 Å². The van der Waals surface area contributed by atoms with Gasteiger partial charge in [0.1, 0.15) is 12.4 Å². The van der Waals surface area contributed by atoms with Crippen LogP contribution in [0.4, 0.5) is 13.2 Å². The normalized spacial score (nSPS) is 14.0. The number of nitrogens with one attached hydrogen (secondary N) is 1. The van der Waals surface area contributed by atoms with E-state index in [1.165, 1.54) is 24.3 Å². The fourth-order valence-electron chi connectivity index (χ4n) is 1.60. The van der Waals surface area contributed by atoms with E-state index in [1.807, 2.05) is 4.72 Å². The van der Waals surface area contributed by atoms with E-state index in [0.29, 0.717) is 5.75 Å². The van der Waals surface area contributed by atoms with Crippen LogP contribution in [0.15, 0.2) is 29.2 Å². The van der Waals surface area contributed by atoms with Crippen molar-refractivity contribution in [3.63, 3.8) is 0 Å². The molecule has 0 radical (unpaired) electrons. The van der Waals surface area contributed by atoms with Gasteiger partial charge >= 0.3 is 6.18 Å². The summed E-state index contributed by atoms with van der Waals surface area (Å²) >= 11 is 0. The number of benzene rings is 1. The van der Waals surface area contributed by atoms with Crippen LogP contribution >= 0.6 is 0 Å². The lowest BCUT2D eigenvalue weighted by Crippen LogP contribution is -2.35. The summed E-state index contributed by atoms with van der Waals surface area (Å²) in [5, 5.41) is 8.58. The van der Waals surface area contributed by atoms with Gasteiger partial charge in [0.25, 0.3) is 0 Å². The summed E-state index contributed by atoms with van der Waals surface area (Å²) in [6.45, 7) is 1.02. The Bertz CT molecular complexity index is 543. The van der Waals surface area contributed by atoms with Gasteiger partial charge < -0.3 is 9.84 Å². The Balaban J connectivity index is 2.74. The van der Waals surface area contributed by atoms with Gasteiger partial charge in [-0.1, -0.05) is 0 Å². The third-order valence-electron chi connectivity index (χ3n) is 2.39. The first kappa shape index (κ1) is 17.7. The lowest BCUT2D eigenvalue weighted by Gasteiger charge is -2.16. The molecule has 0 spiro atoms. The molecule has 2 N–H and O–H groups in total. The van der Waals surface area contributed by atoms with Crippen molar-refractivity contribution >= 4 is 10.0 Å². The highest BCUT2D eigenvalue weighted by molar-refractivity contribution is 7.89. The van der Waals surface area contributed by atoms with Gasteiger partial charge in [0, 0.05) is 6.04 Å². The second-order valence-electron chi connectivity index (χ2n) is 4.39. The summed E-state index contributed by atoms with van der Waals surface area (Å²) in [6.07, 6.45) is -5.69. The molecular formula is C12H16F3NO4S. The molecule has 1 rings (SSSR count).